The molecule has 28 heavy (non-hydrogen) atoms. The van der Waals surface area contributed by atoms with Crippen LogP contribution in [0.2, 0.25) is 0 Å². The molecular formula is C21H18N2O5. The number of hydrazone groups is 1. The summed E-state index contributed by atoms with van der Waals surface area (Å²) in [5.74, 6) is -3.10. The third kappa shape index (κ3) is 3.73. The lowest BCUT2D eigenvalue weighted by Crippen LogP contribution is -2.33. The molecule has 7 nitrogen and oxygen atoms in total. The molecule has 1 aliphatic rings. The number of ketones is 2. The molecule has 0 saturated heterocycles. The van der Waals surface area contributed by atoms with Crippen molar-refractivity contribution in [3.8, 4) is 0 Å². The number of hydrogen-bond donors (Lipinski definition) is 1. The second-order valence-electron chi connectivity index (χ2n) is 6.58. The standard InChI is InChI=1S/C21H18N2O5/c1-12-19(18(25)10-14-5-3-6-15(9-14)13(2)24)20(26)23(22-12)17-8-4-7-16(11-17)21(27)28/h3-9,11,19H,10H2,1-2H3,(H,27,28). The van der Waals surface area contributed by atoms with Gasteiger partial charge in [-0.05, 0) is 43.7 Å². The summed E-state index contributed by atoms with van der Waals surface area (Å²) in [4.78, 5) is 48.2. The SMILES string of the molecule is CC(=O)c1cccc(CC(=O)C2C(=O)N(c3cccc(C(=O)O)c3)N=C2C)c1. The zero-order chi connectivity index (χ0) is 20.4. The zero-order valence-electron chi connectivity index (χ0n) is 15.4. The maximum atomic E-state index is 12.8. The van der Waals surface area contributed by atoms with E-state index in [-0.39, 0.29) is 29.2 Å². The molecule has 142 valence electrons. The molecule has 1 aliphatic heterocycles. The van der Waals surface area contributed by atoms with Crippen molar-refractivity contribution in [2.75, 3.05) is 5.01 Å². The first-order chi connectivity index (χ1) is 13.3. The van der Waals surface area contributed by atoms with Crippen LogP contribution in [0.4, 0.5) is 5.69 Å². The van der Waals surface area contributed by atoms with Gasteiger partial charge < -0.3 is 5.11 Å². The molecule has 7 heteroatoms. The Morgan fingerprint density at radius 1 is 1.07 bits per heavy atom. The summed E-state index contributed by atoms with van der Waals surface area (Å²) in [6, 6.07) is 12.5. The number of hydrogen-bond acceptors (Lipinski definition) is 5. The Balaban J connectivity index is 1.82. The molecule has 0 aliphatic carbocycles. The number of carboxylic acid groups (broad SMARTS) is 1. The van der Waals surface area contributed by atoms with Gasteiger partial charge in [0.25, 0.3) is 5.91 Å². The molecule has 1 unspecified atom stereocenters. The lowest BCUT2D eigenvalue weighted by molar-refractivity contribution is -0.128. The van der Waals surface area contributed by atoms with Gasteiger partial charge in [0, 0.05) is 12.0 Å². The van der Waals surface area contributed by atoms with E-state index in [2.05, 4.69) is 5.10 Å². The van der Waals surface area contributed by atoms with Gasteiger partial charge in [-0.2, -0.15) is 10.1 Å². The lowest BCUT2D eigenvalue weighted by Gasteiger charge is -2.14. The normalized spacial score (nSPS) is 16.1. The average molecular weight is 378 g/mol. The van der Waals surface area contributed by atoms with E-state index in [1.165, 1.54) is 25.1 Å². The highest BCUT2D eigenvalue weighted by Gasteiger charge is 2.39. The van der Waals surface area contributed by atoms with Gasteiger partial charge >= 0.3 is 5.97 Å². The minimum atomic E-state index is -1.12. The number of amides is 1. The number of carbonyl (C=O) groups excluding carboxylic acids is 3. The van der Waals surface area contributed by atoms with E-state index < -0.39 is 17.8 Å². The Kier molecular flexibility index (Phi) is 5.17. The highest BCUT2D eigenvalue weighted by molar-refractivity contribution is 6.27. The summed E-state index contributed by atoms with van der Waals surface area (Å²) in [7, 11) is 0. The Morgan fingerprint density at radius 3 is 2.43 bits per heavy atom. The Bertz CT molecular complexity index is 1020. The Hall–Kier alpha value is -3.61. The van der Waals surface area contributed by atoms with Crippen LogP contribution in [0.25, 0.3) is 0 Å². The number of carboxylic acids is 1. The van der Waals surface area contributed by atoms with E-state index in [1.54, 1.807) is 37.3 Å². The molecule has 0 fully saturated rings. The van der Waals surface area contributed by atoms with Gasteiger partial charge in [0.05, 0.1) is 17.0 Å². The molecule has 0 saturated carbocycles. The number of anilines is 1. The summed E-state index contributed by atoms with van der Waals surface area (Å²) < 4.78 is 0. The lowest BCUT2D eigenvalue weighted by atomic mass is 9.93. The highest BCUT2D eigenvalue weighted by atomic mass is 16.4. The fraction of sp³-hybridized carbons (Fsp3) is 0.190. The van der Waals surface area contributed by atoms with Crippen LogP contribution in [0.15, 0.2) is 53.6 Å². The van der Waals surface area contributed by atoms with E-state index in [1.807, 2.05) is 0 Å². The third-order valence-electron chi connectivity index (χ3n) is 4.50. The van der Waals surface area contributed by atoms with Crippen molar-refractivity contribution in [2.45, 2.75) is 20.3 Å². The van der Waals surface area contributed by atoms with Crippen molar-refractivity contribution in [2.24, 2.45) is 11.0 Å². The molecular weight excluding hydrogens is 360 g/mol. The van der Waals surface area contributed by atoms with Crippen molar-refractivity contribution in [3.05, 3.63) is 65.2 Å². The van der Waals surface area contributed by atoms with Gasteiger partial charge in [-0.15, -0.1) is 0 Å². The van der Waals surface area contributed by atoms with Crippen LogP contribution in [0.3, 0.4) is 0 Å². The van der Waals surface area contributed by atoms with Crippen LogP contribution in [0, 0.1) is 5.92 Å². The fourth-order valence-electron chi connectivity index (χ4n) is 3.10. The highest BCUT2D eigenvalue weighted by Crippen LogP contribution is 2.26. The van der Waals surface area contributed by atoms with E-state index in [0.717, 1.165) is 5.01 Å². The van der Waals surface area contributed by atoms with Gasteiger partial charge in [-0.25, -0.2) is 4.79 Å². The van der Waals surface area contributed by atoms with E-state index in [9.17, 15) is 19.2 Å². The molecule has 0 aromatic heterocycles. The minimum absolute atomic E-state index is 0.00656. The Morgan fingerprint density at radius 2 is 1.75 bits per heavy atom. The first-order valence-corrected chi connectivity index (χ1v) is 8.63. The second kappa shape index (κ2) is 7.56. The third-order valence-corrected chi connectivity index (χ3v) is 4.50. The van der Waals surface area contributed by atoms with E-state index in [0.29, 0.717) is 16.8 Å². The monoisotopic (exact) mass is 378 g/mol. The number of rotatable bonds is 6. The summed E-state index contributed by atoms with van der Waals surface area (Å²) in [5, 5.41) is 14.3. The second-order valence-corrected chi connectivity index (χ2v) is 6.58. The van der Waals surface area contributed by atoms with Crippen molar-refractivity contribution < 1.29 is 24.3 Å². The van der Waals surface area contributed by atoms with Gasteiger partial charge in [0.2, 0.25) is 0 Å². The van der Waals surface area contributed by atoms with Crippen LogP contribution in [0.5, 0.6) is 0 Å². The first-order valence-electron chi connectivity index (χ1n) is 8.63. The molecule has 1 N–H and O–H groups in total. The van der Waals surface area contributed by atoms with Gasteiger partial charge in [0.15, 0.2) is 11.6 Å². The van der Waals surface area contributed by atoms with Gasteiger partial charge in [-0.1, -0.05) is 24.3 Å². The fourth-order valence-corrected chi connectivity index (χ4v) is 3.10. The van der Waals surface area contributed by atoms with Crippen molar-refractivity contribution >= 4 is 34.8 Å². The molecule has 1 heterocycles. The zero-order valence-corrected chi connectivity index (χ0v) is 15.4. The predicted molar refractivity (Wildman–Crippen MR) is 103 cm³/mol. The van der Waals surface area contributed by atoms with Gasteiger partial charge in [-0.3, -0.25) is 14.4 Å². The van der Waals surface area contributed by atoms with Crippen molar-refractivity contribution in [3.63, 3.8) is 0 Å². The van der Waals surface area contributed by atoms with Crippen LogP contribution in [-0.2, 0) is 16.0 Å². The molecule has 3 rings (SSSR count). The topological polar surface area (TPSA) is 104 Å². The number of nitrogens with zero attached hydrogens (tertiary/aromatic N) is 2. The maximum absolute atomic E-state index is 12.8. The molecule has 0 radical (unpaired) electrons. The molecule has 2 aromatic carbocycles. The largest absolute Gasteiger partial charge is 0.478 e. The number of carbonyl (C=O) groups is 4. The molecule has 2 aromatic rings. The summed E-state index contributed by atoms with van der Waals surface area (Å²) in [6.45, 7) is 3.04. The summed E-state index contributed by atoms with van der Waals surface area (Å²) in [5.41, 5.74) is 1.80. The first kappa shape index (κ1) is 19.2. The number of aromatic carboxylic acids is 1. The quantitative estimate of drug-likeness (QED) is 0.615. The maximum Gasteiger partial charge on any atom is 0.335 e. The van der Waals surface area contributed by atoms with Crippen LogP contribution < -0.4 is 5.01 Å². The average Bonchev–Trinajstić information content (AvgIpc) is 2.96. The van der Waals surface area contributed by atoms with Crippen molar-refractivity contribution in [1.82, 2.24) is 0 Å². The number of Topliss-reactive ketones (excluding diaryl/α,β-unsaturated/α-hetero) is 2. The molecule has 0 spiro atoms. The van der Waals surface area contributed by atoms with Crippen LogP contribution >= 0.6 is 0 Å². The number of benzene rings is 2. The van der Waals surface area contributed by atoms with E-state index >= 15 is 0 Å². The molecule has 1 atom stereocenters. The molecule has 1 amide bonds. The summed E-state index contributed by atoms with van der Waals surface area (Å²) in [6.07, 6.45) is -0.00656. The van der Waals surface area contributed by atoms with Gasteiger partial charge in [0.1, 0.15) is 5.92 Å². The predicted octanol–water partition coefficient (Wildman–Crippen LogP) is 2.74. The molecule has 0 bridgehead atoms. The smallest absolute Gasteiger partial charge is 0.335 e. The minimum Gasteiger partial charge on any atom is -0.478 e. The van der Waals surface area contributed by atoms with Crippen molar-refractivity contribution in [1.29, 1.82) is 0 Å². The summed E-state index contributed by atoms with van der Waals surface area (Å²) >= 11 is 0. The van der Waals surface area contributed by atoms with Crippen LogP contribution in [0.1, 0.15) is 40.1 Å². The van der Waals surface area contributed by atoms with E-state index in [4.69, 9.17) is 5.11 Å². The Labute approximate surface area is 161 Å². The van der Waals surface area contributed by atoms with Crippen LogP contribution in [-0.4, -0.2) is 34.3 Å².